The third-order valence-corrected chi connectivity index (χ3v) is 2.15. The monoisotopic (exact) mass is 255 g/mol. The molecule has 0 radical (unpaired) electrons. The molecule has 0 aliphatic heterocycles. The molecule has 2 rings (SSSR count). The number of imidazole rings is 1. The van der Waals surface area contributed by atoms with Crippen LogP contribution in [0.3, 0.4) is 0 Å². The molecule has 9 heteroatoms. The summed E-state index contributed by atoms with van der Waals surface area (Å²) in [5.41, 5.74) is -0.996. The molecule has 98 valence electrons. The number of hydrogen-bond donors (Lipinski definition) is 4. The molecule has 0 saturated carbocycles. The van der Waals surface area contributed by atoms with E-state index in [1.54, 1.807) is 13.8 Å². The van der Waals surface area contributed by atoms with Gasteiger partial charge in [-0.05, 0) is 13.8 Å². The van der Waals surface area contributed by atoms with E-state index in [1.807, 2.05) is 0 Å². The highest BCUT2D eigenvalue weighted by Crippen LogP contribution is 2.05. The standard InChI is InChI=1S/C9H13N5O4/c1-4(2)18-3-14(17)8-11-6-5(7(15)13-8)10-9(16)12-6/h4,17H,3H2,1-2H3,(H3,10,11,12,13,15,16). The molecule has 4 N–H and O–H groups in total. The van der Waals surface area contributed by atoms with Crippen LogP contribution in [0.15, 0.2) is 9.59 Å². The van der Waals surface area contributed by atoms with E-state index in [2.05, 4.69) is 19.9 Å². The number of rotatable bonds is 4. The zero-order chi connectivity index (χ0) is 13.3. The Kier molecular flexibility index (Phi) is 3.17. The Bertz CT molecular complexity index is 655. The quantitative estimate of drug-likeness (QED) is 0.431. The van der Waals surface area contributed by atoms with Gasteiger partial charge in [0, 0.05) is 0 Å². The number of hydroxylamine groups is 1. The van der Waals surface area contributed by atoms with E-state index in [4.69, 9.17) is 4.74 Å². The van der Waals surface area contributed by atoms with Crippen molar-refractivity contribution in [1.29, 1.82) is 0 Å². The molecule has 2 aromatic heterocycles. The van der Waals surface area contributed by atoms with Crippen LogP contribution in [-0.2, 0) is 4.74 Å². The normalized spacial score (nSPS) is 11.3. The van der Waals surface area contributed by atoms with Crippen molar-refractivity contribution in [1.82, 2.24) is 19.9 Å². The first-order chi connectivity index (χ1) is 8.47. The smallest absolute Gasteiger partial charge is 0.325 e. The largest absolute Gasteiger partial charge is 0.356 e. The summed E-state index contributed by atoms with van der Waals surface area (Å²) in [5, 5.41) is 10.3. The number of anilines is 1. The lowest BCUT2D eigenvalue weighted by Gasteiger charge is -2.16. The van der Waals surface area contributed by atoms with Crippen molar-refractivity contribution in [2.75, 3.05) is 11.8 Å². The fourth-order valence-corrected chi connectivity index (χ4v) is 1.32. The fourth-order valence-electron chi connectivity index (χ4n) is 1.32. The van der Waals surface area contributed by atoms with E-state index in [9.17, 15) is 14.8 Å². The average Bonchev–Trinajstić information content (AvgIpc) is 2.67. The molecule has 0 spiro atoms. The molecule has 0 unspecified atom stereocenters. The third-order valence-electron chi connectivity index (χ3n) is 2.15. The van der Waals surface area contributed by atoms with E-state index in [0.717, 1.165) is 0 Å². The van der Waals surface area contributed by atoms with Crippen molar-refractivity contribution < 1.29 is 9.94 Å². The average molecular weight is 255 g/mol. The Morgan fingerprint density at radius 1 is 1.33 bits per heavy atom. The second-order valence-electron chi connectivity index (χ2n) is 3.94. The van der Waals surface area contributed by atoms with Gasteiger partial charge >= 0.3 is 5.69 Å². The van der Waals surface area contributed by atoms with Crippen LogP contribution in [0.1, 0.15) is 13.8 Å². The van der Waals surface area contributed by atoms with Crippen LogP contribution in [0.2, 0.25) is 0 Å². The van der Waals surface area contributed by atoms with Crippen LogP contribution < -0.4 is 16.3 Å². The molecule has 9 nitrogen and oxygen atoms in total. The minimum atomic E-state index is -0.558. The Morgan fingerprint density at radius 2 is 2.06 bits per heavy atom. The highest BCUT2D eigenvalue weighted by Gasteiger charge is 2.11. The first-order valence-corrected chi connectivity index (χ1v) is 5.27. The minimum Gasteiger partial charge on any atom is -0.356 e. The molecule has 0 saturated heterocycles. The Morgan fingerprint density at radius 3 is 2.72 bits per heavy atom. The van der Waals surface area contributed by atoms with Gasteiger partial charge in [-0.2, -0.15) is 10.0 Å². The van der Waals surface area contributed by atoms with Gasteiger partial charge in [-0.3, -0.25) is 25.0 Å². The predicted octanol–water partition coefficient (Wildman–Crippen LogP) is -0.482. The second kappa shape index (κ2) is 4.63. The Hall–Kier alpha value is -2.13. The van der Waals surface area contributed by atoms with Gasteiger partial charge in [-0.15, -0.1) is 0 Å². The van der Waals surface area contributed by atoms with Crippen molar-refractivity contribution >= 4 is 17.1 Å². The molecule has 2 aromatic rings. The highest BCUT2D eigenvalue weighted by molar-refractivity contribution is 5.69. The van der Waals surface area contributed by atoms with E-state index in [0.29, 0.717) is 5.06 Å². The molecule has 18 heavy (non-hydrogen) atoms. The maximum Gasteiger partial charge on any atom is 0.325 e. The number of aromatic amines is 3. The number of nitrogens with one attached hydrogen (secondary N) is 3. The minimum absolute atomic E-state index is 0.0296. The molecule has 0 fully saturated rings. The molecule has 0 bridgehead atoms. The number of fused-ring (bicyclic) bond motifs is 1. The summed E-state index contributed by atoms with van der Waals surface area (Å²) in [6.45, 7) is 3.45. The van der Waals surface area contributed by atoms with Gasteiger partial charge in [0.25, 0.3) is 5.56 Å². The van der Waals surface area contributed by atoms with Crippen LogP contribution >= 0.6 is 0 Å². The van der Waals surface area contributed by atoms with Crippen LogP contribution in [-0.4, -0.2) is 38.0 Å². The Labute approximate surface area is 100 Å². The number of ether oxygens (including phenoxy) is 1. The lowest BCUT2D eigenvalue weighted by molar-refractivity contribution is 0.0322. The van der Waals surface area contributed by atoms with Gasteiger partial charge in [-0.1, -0.05) is 0 Å². The van der Waals surface area contributed by atoms with Crippen LogP contribution in [0.25, 0.3) is 11.2 Å². The van der Waals surface area contributed by atoms with Gasteiger partial charge in [0.1, 0.15) is 6.73 Å². The first-order valence-electron chi connectivity index (χ1n) is 5.27. The zero-order valence-electron chi connectivity index (χ0n) is 9.85. The predicted molar refractivity (Wildman–Crippen MR) is 62.7 cm³/mol. The summed E-state index contributed by atoms with van der Waals surface area (Å²) in [7, 11) is 0. The van der Waals surface area contributed by atoms with Crippen LogP contribution in [0.4, 0.5) is 5.95 Å². The number of H-pyrrole nitrogens is 3. The van der Waals surface area contributed by atoms with Crippen molar-refractivity contribution in [2.45, 2.75) is 20.0 Å². The first kappa shape index (κ1) is 12.3. The van der Waals surface area contributed by atoms with Gasteiger partial charge < -0.3 is 4.74 Å². The number of nitrogens with zero attached hydrogens (tertiary/aromatic N) is 2. The van der Waals surface area contributed by atoms with E-state index >= 15 is 0 Å². The van der Waals surface area contributed by atoms with Gasteiger partial charge in [0.15, 0.2) is 11.2 Å². The molecule has 2 heterocycles. The summed E-state index contributed by atoms with van der Waals surface area (Å²) in [4.78, 5) is 33.5. The zero-order valence-corrected chi connectivity index (χ0v) is 9.85. The summed E-state index contributed by atoms with van der Waals surface area (Å²) in [5.74, 6) is -0.108. The molecule has 0 atom stereocenters. The number of hydrogen-bond acceptors (Lipinski definition) is 6. The van der Waals surface area contributed by atoms with Gasteiger partial charge in [-0.25, -0.2) is 4.79 Å². The molecule has 0 aliphatic carbocycles. The maximum atomic E-state index is 11.6. The van der Waals surface area contributed by atoms with Crippen molar-refractivity contribution in [3.63, 3.8) is 0 Å². The van der Waals surface area contributed by atoms with Crippen molar-refractivity contribution in [3.8, 4) is 0 Å². The van der Waals surface area contributed by atoms with E-state index in [-0.39, 0.29) is 29.9 Å². The van der Waals surface area contributed by atoms with Gasteiger partial charge in [0.05, 0.1) is 6.10 Å². The molecule has 0 aromatic carbocycles. The summed E-state index contributed by atoms with van der Waals surface area (Å²) in [6.07, 6.45) is -0.0813. The third kappa shape index (κ3) is 2.41. The summed E-state index contributed by atoms with van der Waals surface area (Å²) in [6, 6.07) is 0. The van der Waals surface area contributed by atoms with Crippen LogP contribution in [0, 0.1) is 0 Å². The topological polar surface area (TPSA) is 127 Å². The van der Waals surface area contributed by atoms with E-state index in [1.165, 1.54) is 0 Å². The fraction of sp³-hybridized carbons (Fsp3) is 0.444. The lowest BCUT2D eigenvalue weighted by atomic mass is 10.5. The Balaban J connectivity index is 2.34. The highest BCUT2D eigenvalue weighted by atomic mass is 16.6. The molecule has 0 aliphatic rings. The number of aromatic nitrogens is 4. The SMILES string of the molecule is CC(C)OCN(O)c1nc2[nH]c(=O)[nH]c2c(=O)[nH]1. The summed E-state index contributed by atoms with van der Waals surface area (Å²) >= 11 is 0. The summed E-state index contributed by atoms with van der Waals surface area (Å²) < 4.78 is 5.15. The van der Waals surface area contributed by atoms with Crippen LogP contribution in [0.5, 0.6) is 0 Å². The van der Waals surface area contributed by atoms with Crippen molar-refractivity contribution in [2.24, 2.45) is 0 Å². The molecule has 0 amide bonds. The lowest BCUT2D eigenvalue weighted by Crippen LogP contribution is -2.28. The molecular weight excluding hydrogens is 242 g/mol. The van der Waals surface area contributed by atoms with E-state index < -0.39 is 11.2 Å². The van der Waals surface area contributed by atoms with Gasteiger partial charge in [0.2, 0.25) is 5.95 Å². The van der Waals surface area contributed by atoms with Crippen molar-refractivity contribution in [3.05, 3.63) is 20.8 Å². The maximum absolute atomic E-state index is 11.6. The molecular formula is C9H13N5O4. The second-order valence-corrected chi connectivity index (χ2v) is 3.94.